The SMILES string of the molecule is O=C1C[C@H](O)CN1c1ccc(-c2cc(F)cc3c(N4CCC(c5noc(C(F)F)n5)CC4)ncnc23)cc1F. The second-order valence-corrected chi connectivity index (χ2v) is 9.63. The number of aromatic nitrogens is 4. The lowest BCUT2D eigenvalue weighted by Crippen LogP contribution is -2.34. The first kappa shape index (κ1) is 25.2. The van der Waals surface area contributed by atoms with E-state index < -0.39 is 30.1 Å². The highest BCUT2D eigenvalue weighted by molar-refractivity contribution is 6.00. The third kappa shape index (κ3) is 4.67. The maximum Gasteiger partial charge on any atom is 0.315 e. The molecule has 4 heterocycles. The number of β-amino-alcohol motifs (C(OH)–C–C–N with tert-alkyl or cyclic N) is 1. The number of amides is 1. The Bertz CT molecular complexity index is 1560. The van der Waals surface area contributed by atoms with Gasteiger partial charge in [-0.3, -0.25) is 4.79 Å². The molecule has 2 aliphatic heterocycles. The molecule has 9 nitrogen and oxygen atoms in total. The molecule has 13 heteroatoms. The average Bonchev–Trinajstić information content (AvgIpc) is 3.54. The van der Waals surface area contributed by atoms with Gasteiger partial charge < -0.3 is 19.4 Å². The summed E-state index contributed by atoms with van der Waals surface area (Å²) >= 11 is 0. The number of nitrogens with zero attached hydrogens (tertiary/aromatic N) is 6. The van der Waals surface area contributed by atoms with Crippen molar-refractivity contribution < 1.29 is 32.0 Å². The fourth-order valence-corrected chi connectivity index (χ4v) is 5.26. The highest BCUT2D eigenvalue weighted by Gasteiger charge is 2.31. The van der Waals surface area contributed by atoms with Gasteiger partial charge in [0.1, 0.15) is 23.8 Å². The van der Waals surface area contributed by atoms with E-state index in [0.29, 0.717) is 53.8 Å². The van der Waals surface area contributed by atoms with E-state index in [1.807, 2.05) is 4.90 Å². The fraction of sp³-hybridized carbons (Fsp3) is 0.346. The third-order valence-electron chi connectivity index (χ3n) is 7.14. The number of rotatable bonds is 5. The van der Waals surface area contributed by atoms with Crippen molar-refractivity contribution in [2.75, 3.05) is 29.4 Å². The summed E-state index contributed by atoms with van der Waals surface area (Å²) in [6.45, 7) is 0.978. The van der Waals surface area contributed by atoms with E-state index in [2.05, 4.69) is 24.6 Å². The zero-order chi connectivity index (χ0) is 27.3. The Hall–Kier alpha value is -4.13. The molecule has 0 unspecified atom stereocenters. The van der Waals surface area contributed by atoms with E-state index in [1.165, 1.54) is 35.5 Å². The lowest BCUT2D eigenvalue weighted by molar-refractivity contribution is -0.117. The number of aliphatic hydroxyl groups is 1. The first-order valence-electron chi connectivity index (χ1n) is 12.4. The van der Waals surface area contributed by atoms with Crippen LogP contribution in [0.3, 0.4) is 0 Å². The quantitative estimate of drug-likeness (QED) is 0.371. The second-order valence-electron chi connectivity index (χ2n) is 9.63. The first-order valence-corrected chi connectivity index (χ1v) is 12.4. The number of aliphatic hydroxyl groups excluding tert-OH is 1. The molecule has 0 saturated carbocycles. The van der Waals surface area contributed by atoms with E-state index in [9.17, 15) is 23.1 Å². The Morgan fingerprint density at radius 1 is 1.08 bits per heavy atom. The lowest BCUT2D eigenvalue weighted by atomic mass is 9.95. The van der Waals surface area contributed by atoms with E-state index in [4.69, 9.17) is 0 Å². The summed E-state index contributed by atoms with van der Waals surface area (Å²) in [5, 5.41) is 13.9. The van der Waals surface area contributed by atoms with E-state index in [0.717, 1.165) is 0 Å². The summed E-state index contributed by atoms with van der Waals surface area (Å²) in [5.41, 5.74) is 1.18. The predicted molar refractivity (Wildman–Crippen MR) is 131 cm³/mol. The fourth-order valence-electron chi connectivity index (χ4n) is 5.26. The van der Waals surface area contributed by atoms with Gasteiger partial charge in [0, 0.05) is 30.0 Å². The van der Waals surface area contributed by atoms with Crippen molar-refractivity contribution in [3.8, 4) is 11.1 Å². The molecule has 2 saturated heterocycles. The summed E-state index contributed by atoms with van der Waals surface area (Å²) in [6, 6.07) is 6.82. The van der Waals surface area contributed by atoms with Crippen molar-refractivity contribution in [2.24, 2.45) is 0 Å². The highest BCUT2D eigenvalue weighted by Crippen LogP contribution is 2.37. The van der Waals surface area contributed by atoms with Gasteiger partial charge in [-0.15, -0.1) is 0 Å². The van der Waals surface area contributed by atoms with Gasteiger partial charge in [0.2, 0.25) is 5.91 Å². The molecule has 2 aliphatic rings. The van der Waals surface area contributed by atoms with Crippen LogP contribution in [0, 0.1) is 11.6 Å². The second kappa shape index (κ2) is 9.88. The van der Waals surface area contributed by atoms with Gasteiger partial charge in [-0.05, 0) is 42.7 Å². The van der Waals surface area contributed by atoms with Crippen LogP contribution in [-0.4, -0.2) is 56.9 Å². The number of carbonyl (C=O) groups is 1. The van der Waals surface area contributed by atoms with Crippen LogP contribution in [-0.2, 0) is 4.79 Å². The van der Waals surface area contributed by atoms with Crippen LogP contribution < -0.4 is 9.80 Å². The minimum Gasteiger partial charge on any atom is -0.391 e. The maximum atomic E-state index is 15.1. The van der Waals surface area contributed by atoms with Gasteiger partial charge in [0.25, 0.3) is 5.89 Å². The van der Waals surface area contributed by atoms with Crippen LogP contribution in [0.15, 0.2) is 41.2 Å². The zero-order valence-corrected chi connectivity index (χ0v) is 20.4. The lowest BCUT2D eigenvalue weighted by Gasteiger charge is -2.32. The topological polar surface area (TPSA) is 108 Å². The van der Waals surface area contributed by atoms with E-state index in [1.54, 1.807) is 6.07 Å². The van der Waals surface area contributed by atoms with Gasteiger partial charge in [0.05, 0.1) is 30.3 Å². The van der Waals surface area contributed by atoms with Crippen LogP contribution in [0.1, 0.15) is 43.3 Å². The third-order valence-corrected chi connectivity index (χ3v) is 7.14. The normalized spacial score (nSPS) is 18.6. The summed E-state index contributed by atoms with van der Waals surface area (Å²) in [7, 11) is 0. The molecule has 6 rings (SSSR count). The number of anilines is 2. The molecule has 0 aliphatic carbocycles. The molecule has 202 valence electrons. The van der Waals surface area contributed by atoms with Crippen molar-refractivity contribution in [2.45, 2.75) is 37.7 Å². The monoisotopic (exact) mass is 542 g/mol. The standard InChI is InChI=1S/C26H22F4N6O3/c27-15-8-17(14-1-2-20(19(28)7-14)36-11-16(37)10-21(36)38)22-18(9-15)25(32-12-31-22)35-5-3-13(4-6-35)24-33-26(23(29)30)39-34-24/h1-2,7-9,12-13,16,23,37H,3-6,10-11H2/t16-/m0/s1. The van der Waals surface area contributed by atoms with Gasteiger partial charge >= 0.3 is 6.43 Å². The molecular formula is C26H22F4N6O3. The zero-order valence-electron chi connectivity index (χ0n) is 20.4. The molecule has 1 amide bonds. The van der Waals surface area contributed by atoms with E-state index in [-0.39, 0.29) is 36.3 Å². The number of hydrogen-bond acceptors (Lipinski definition) is 8. The Kier molecular flexibility index (Phi) is 6.37. The van der Waals surface area contributed by atoms with E-state index >= 15 is 4.39 Å². The van der Waals surface area contributed by atoms with Crippen molar-refractivity contribution in [1.29, 1.82) is 0 Å². The summed E-state index contributed by atoms with van der Waals surface area (Å²) < 4.78 is 60.2. The van der Waals surface area contributed by atoms with Crippen LogP contribution in [0.4, 0.5) is 29.1 Å². The van der Waals surface area contributed by atoms with Crippen LogP contribution in [0.5, 0.6) is 0 Å². The number of alkyl halides is 2. The van der Waals surface area contributed by atoms with Gasteiger partial charge in [-0.25, -0.2) is 18.7 Å². The molecule has 2 aromatic carbocycles. The Morgan fingerprint density at radius 3 is 2.54 bits per heavy atom. The van der Waals surface area contributed by atoms with Crippen LogP contribution >= 0.6 is 0 Å². The maximum absolute atomic E-state index is 15.1. The number of fused-ring (bicyclic) bond motifs is 1. The minimum absolute atomic E-state index is 0.00533. The predicted octanol–water partition coefficient (Wildman–Crippen LogP) is 4.38. The smallest absolute Gasteiger partial charge is 0.315 e. The van der Waals surface area contributed by atoms with Gasteiger partial charge in [-0.2, -0.15) is 13.8 Å². The van der Waals surface area contributed by atoms with Gasteiger partial charge in [0.15, 0.2) is 5.82 Å². The van der Waals surface area contributed by atoms with Gasteiger partial charge in [-0.1, -0.05) is 11.2 Å². The molecule has 39 heavy (non-hydrogen) atoms. The number of carbonyl (C=O) groups excluding carboxylic acids is 1. The number of hydrogen-bond donors (Lipinski definition) is 1. The van der Waals surface area contributed by atoms with Crippen molar-refractivity contribution >= 4 is 28.3 Å². The Balaban J connectivity index is 1.29. The largest absolute Gasteiger partial charge is 0.391 e. The van der Waals surface area contributed by atoms with Crippen molar-refractivity contribution in [3.05, 3.63) is 60.0 Å². The number of benzene rings is 2. The molecule has 0 bridgehead atoms. The Labute approximate surface area is 219 Å². The molecule has 1 N–H and O–H groups in total. The molecular weight excluding hydrogens is 520 g/mol. The molecule has 2 fully saturated rings. The van der Waals surface area contributed by atoms with Crippen LogP contribution in [0.2, 0.25) is 0 Å². The van der Waals surface area contributed by atoms with Crippen LogP contribution in [0.25, 0.3) is 22.0 Å². The molecule has 2 aromatic heterocycles. The average molecular weight is 542 g/mol. The summed E-state index contributed by atoms with van der Waals surface area (Å²) in [5.74, 6) is -1.75. The molecule has 4 aromatic rings. The minimum atomic E-state index is -2.83. The van der Waals surface area contributed by atoms with Crippen molar-refractivity contribution in [3.63, 3.8) is 0 Å². The molecule has 0 radical (unpaired) electrons. The molecule has 0 spiro atoms. The first-order chi connectivity index (χ1) is 18.8. The highest BCUT2D eigenvalue weighted by atomic mass is 19.3. The number of halogens is 4. The summed E-state index contributed by atoms with van der Waals surface area (Å²) in [4.78, 5) is 27.8. The number of piperidine rings is 1. The summed E-state index contributed by atoms with van der Waals surface area (Å²) in [6.07, 6.45) is -1.31. The molecule has 1 atom stereocenters. The van der Waals surface area contributed by atoms with Crippen molar-refractivity contribution in [1.82, 2.24) is 20.1 Å². The Morgan fingerprint density at radius 2 is 1.87 bits per heavy atom.